The van der Waals surface area contributed by atoms with Crippen LogP contribution in [0.15, 0.2) is 0 Å². The summed E-state index contributed by atoms with van der Waals surface area (Å²) in [6.07, 6.45) is -1.68. The molecule has 0 amide bonds. The molecule has 0 spiro atoms. The van der Waals surface area contributed by atoms with Gasteiger partial charge in [-0.3, -0.25) is 0 Å². The van der Waals surface area contributed by atoms with E-state index >= 15 is 0 Å². The highest BCUT2D eigenvalue weighted by Gasteiger charge is 1.98. The third kappa shape index (κ3) is 2.08. The first kappa shape index (κ1) is 5.82. The summed E-state index contributed by atoms with van der Waals surface area (Å²) in [5.41, 5.74) is 0. The molecule has 3 heteroatoms. The molecule has 1 atom stereocenters. The van der Waals surface area contributed by atoms with Crippen molar-refractivity contribution >= 4 is 0 Å². The van der Waals surface area contributed by atoms with Crippen LogP contribution in [0.2, 0.25) is 0 Å². The van der Waals surface area contributed by atoms with E-state index in [1.807, 2.05) is 0 Å². The Balaban J connectivity index is 2.75. The standard InChI is InChI=1S/C3H6F2O/c4-1-3(5)2-6/h3,6H,1-2H2/t3-/m1/s1. The minimum absolute atomic E-state index is 0.712. The van der Waals surface area contributed by atoms with Crippen LogP contribution in [0.5, 0.6) is 0 Å². The summed E-state index contributed by atoms with van der Waals surface area (Å²) in [5, 5.41) is 7.72. The third-order valence-corrected chi connectivity index (χ3v) is 0.366. The molecule has 1 N–H and O–H groups in total. The monoisotopic (exact) mass is 96.0 g/mol. The van der Waals surface area contributed by atoms with Crippen LogP contribution in [0.3, 0.4) is 0 Å². The van der Waals surface area contributed by atoms with Crippen molar-refractivity contribution in [3.8, 4) is 0 Å². The predicted molar refractivity (Wildman–Crippen MR) is 18.0 cm³/mol. The number of halogens is 2. The second kappa shape index (κ2) is 3.03. The van der Waals surface area contributed by atoms with Crippen molar-refractivity contribution in [1.29, 1.82) is 0 Å². The van der Waals surface area contributed by atoms with Crippen molar-refractivity contribution in [2.75, 3.05) is 13.3 Å². The van der Waals surface area contributed by atoms with Gasteiger partial charge in [-0.05, 0) is 0 Å². The zero-order chi connectivity index (χ0) is 4.99. The second-order valence-corrected chi connectivity index (χ2v) is 0.934. The van der Waals surface area contributed by atoms with E-state index < -0.39 is 19.5 Å². The van der Waals surface area contributed by atoms with Crippen LogP contribution < -0.4 is 0 Å². The van der Waals surface area contributed by atoms with E-state index in [4.69, 9.17) is 5.11 Å². The molecule has 0 fully saturated rings. The summed E-state index contributed by atoms with van der Waals surface area (Å²) in [4.78, 5) is 0. The van der Waals surface area contributed by atoms with Crippen LogP contribution in [0, 0.1) is 0 Å². The lowest BCUT2D eigenvalue weighted by atomic mass is 10.5. The van der Waals surface area contributed by atoms with Gasteiger partial charge in [-0.2, -0.15) is 0 Å². The Morgan fingerprint density at radius 1 is 1.67 bits per heavy atom. The molecular formula is C3H6F2O. The van der Waals surface area contributed by atoms with Crippen molar-refractivity contribution in [3.63, 3.8) is 0 Å². The first-order chi connectivity index (χ1) is 2.81. The molecule has 0 bridgehead atoms. The van der Waals surface area contributed by atoms with Crippen molar-refractivity contribution in [3.05, 3.63) is 0 Å². The van der Waals surface area contributed by atoms with Crippen molar-refractivity contribution in [1.82, 2.24) is 0 Å². The van der Waals surface area contributed by atoms with Crippen LogP contribution in [-0.2, 0) is 0 Å². The topological polar surface area (TPSA) is 20.2 Å². The fourth-order valence-electron chi connectivity index (χ4n) is 0.0488. The zero-order valence-corrected chi connectivity index (χ0v) is 3.19. The van der Waals surface area contributed by atoms with Gasteiger partial charge in [0, 0.05) is 0 Å². The number of rotatable bonds is 2. The highest BCUT2D eigenvalue weighted by Crippen LogP contribution is 1.86. The Hall–Kier alpha value is -0.180. The van der Waals surface area contributed by atoms with Crippen molar-refractivity contribution in [2.24, 2.45) is 0 Å². The molecule has 0 aliphatic rings. The lowest BCUT2D eigenvalue weighted by Crippen LogP contribution is -2.06. The molecule has 0 saturated heterocycles. The molecule has 38 valence electrons. The number of hydrogen-bond acceptors (Lipinski definition) is 1. The SMILES string of the molecule is OC[C@H](F)CF. The predicted octanol–water partition coefficient (Wildman–Crippen LogP) is 0.286. The molecule has 0 aromatic carbocycles. The molecule has 0 aromatic rings. The molecule has 0 aliphatic heterocycles. The molecule has 0 heterocycles. The van der Waals surface area contributed by atoms with Gasteiger partial charge in [-0.1, -0.05) is 0 Å². The summed E-state index contributed by atoms with van der Waals surface area (Å²) in [5.74, 6) is 0. The third-order valence-electron chi connectivity index (χ3n) is 0.366. The quantitative estimate of drug-likeness (QED) is 0.523. The average Bonchev–Trinajstić information content (AvgIpc) is 1.65. The van der Waals surface area contributed by atoms with Crippen molar-refractivity contribution < 1.29 is 13.9 Å². The smallest absolute Gasteiger partial charge is 0.151 e. The maximum Gasteiger partial charge on any atom is 0.151 e. The normalized spacial score (nSPS) is 14.5. The Bertz CT molecular complexity index is 28.0. The number of aliphatic hydroxyl groups excluding tert-OH is 1. The van der Waals surface area contributed by atoms with E-state index in [0.29, 0.717) is 0 Å². The van der Waals surface area contributed by atoms with Crippen molar-refractivity contribution in [2.45, 2.75) is 6.17 Å². The van der Waals surface area contributed by atoms with Crippen LogP contribution in [-0.4, -0.2) is 24.6 Å². The molecule has 0 rings (SSSR count). The zero-order valence-electron chi connectivity index (χ0n) is 3.19. The van der Waals surface area contributed by atoms with E-state index in [0.717, 1.165) is 0 Å². The van der Waals surface area contributed by atoms with Crippen LogP contribution in [0.25, 0.3) is 0 Å². The lowest BCUT2D eigenvalue weighted by molar-refractivity contribution is 0.151. The van der Waals surface area contributed by atoms with Crippen LogP contribution >= 0.6 is 0 Å². The first-order valence-electron chi connectivity index (χ1n) is 1.62. The fraction of sp³-hybridized carbons (Fsp3) is 1.00. The van der Waals surface area contributed by atoms with E-state index in [9.17, 15) is 8.78 Å². The van der Waals surface area contributed by atoms with Gasteiger partial charge >= 0.3 is 0 Å². The summed E-state index contributed by atoms with van der Waals surface area (Å²) >= 11 is 0. The van der Waals surface area contributed by atoms with Gasteiger partial charge in [-0.25, -0.2) is 8.78 Å². The van der Waals surface area contributed by atoms with Crippen LogP contribution in [0.4, 0.5) is 8.78 Å². The molecule has 0 radical (unpaired) electrons. The molecule has 0 aliphatic carbocycles. The van der Waals surface area contributed by atoms with Gasteiger partial charge < -0.3 is 5.11 Å². The van der Waals surface area contributed by atoms with Gasteiger partial charge in [0.15, 0.2) is 6.17 Å². The van der Waals surface area contributed by atoms with E-state index in [2.05, 4.69) is 0 Å². The van der Waals surface area contributed by atoms with Gasteiger partial charge in [0.1, 0.15) is 6.67 Å². The maximum absolute atomic E-state index is 11.2. The fourth-order valence-corrected chi connectivity index (χ4v) is 0.0488. The molecular weight excluding hydrogens is 90.0 g/mol. The van der Waals surface area contributed by atoms with E-state index in [-0.39, 0.29) is 0 Å². The minimum atomic E-state index is -1.68. The second-order valence-electron chi connectivity index (χ2n) is 0.934. The first-order valence-corrected chi connectivity index (χ1v) is 1.62. The molecule has 0 saturated carbocycles. The van der Waals surface area contributed by atoms with Gasteiger partial charge in [-0.15, -0.1) is 0 Å². The highest BCUT2D eigenvalue weighted by molar-refractivity contribution is 4.45. The molecule has 0 aromatic heterocycles. The number of aliphatic hydroxyl groups is 1. The van der Waals surface area contributed by atoms with E-state index in [1.165, 1.54) is 0 Å². The Morgan fingerprint density at radius 3 is 2.17 bits per heavy atom. The molecule has 1 nitrogen and oxygen atoms in total. The summed E-state index contributed by atoms with van der Waals surface area (Å²) in [6, 6.07) is 0. The minimum Gasteiger partial charge on any atom is -0.393 e. The number of alkyl halides is 2. The van der Waals surface area contributed by atoms with Gasteiger partial charge in [0.2, 0.25) is 0 Å². The summed E-state index contributed by atoms with van der Waals surface area (Å²) in [6.45, 7) is -1.80. The maximum atomic E-state index is 11.2. The average molecular weight is 96.1 g/mol. The van der Waals surface area contributed by atoms with Crippen LogP contribution in [0.1, 0.15) is 0 Å². The van der Waals surface area contributed by atoms with Gasteiger partial charge in [0.25, 0.3) is 0 Å². The Kier molecular flexibility index (Phi) is 2.94. The molecule has 6 heavy (non-hydrogen) atoms. The summed E-state index contributed by atoms with van der Waals surface area (Å²) in [7, 11) is 0. The van der Waals surface area contributed by atoms with Gasteiger partial charge in [0.05, 0.1) is 6.61 Å². The largest absolute Gasteiger partial charge is 0.393 e. The Morgan fingerprint density at radius 2 is 2.17 bits per heavy atom. The van der Waals surface area contributed by atoms with E-state index in [1.54, 1.807) is 0 Å². The highest BCUT2D eigenvalue weighted by atomic mass is 19.2. The Labute approximate surface area is 34.6 Å². The lowest BCUT2D eigenvalue weighted by Gasteiger charge is -1.91. The number of hydrogen-bond donors (Lipinski definition) is 1. The molecule has 0 unspecified atom stereocenters. The summed E-state index contributed by atoms with van der Waals surface area (Å²) < 4.78 is 22.1.